The lowest BCUT2D eigenvalue weighted by atomic mass is 9.93. The number of ether oxygens (including phenoxy) is 2. The minimum Gasteiger partial charge on any atom is -0.492 e. The molecule has 196 valence electrons. The fourth-order valence-electron chi connectivity index (χ4n) is 4.57. The highest BCUT2D eigenvalue weighted by Crippen LogP contribution is 2.35. The van der Waals surface area contributed by atoms with E-state index in [1.807, 2.05) is 0 Å². The van der Waals surface area contributed by atoms with E-state index in [-0.39, 0.29) is 30.2 Å². The van der Waals surface area contributed by atoms with Crippen LogP contribution in [0, 0.1) is 0 Å². The number of carbonyl (C=O) groups excluding carboxylic acids is 1. The van der Waals surface area contributed by atoms with Gasteiger partial charge in [0.05, 0.1) is 17.9 Å². The Morgan fingerprint density at radius 3 is 2.56 bits per heavy atom. The minimum absolute atomic E-state index is 0.0190. The van der Waals surface area contributed by atoms with Gasteiger partial charge in [0.2, 0.25) is 11.8 Å². The molecule has 2 aliphatic rings. The van der Waals surface area contributed by atoms with E-state index in [0.29, 0.717) is 24.7 Å². The Hall–Kier alpha value is -3.24. The number of halogens is 3. The third kappa shape index (κ3) is 6.92. The summed E-state index contributed by atoms with van der Waals surface area (Å²) >= 11 is 0. The molecule has 1 saturated carbocycles. The van der Waals surface area contributed by atoms with Crippen molar-refractivity contribution in [1.29, 1.82) is 0 Å². The average Bonchev–Trinajstić information content (AvgIpc) is 2.86. The number of hydrogen-bond donors (Lipinski definition) is 2. The summed E-state index contributed by atoms with van der Waals surface area (Å²) in [5, 5.41) is 5.37. The Bertz CT molecular complexity index is 1020. The van der Waals surface area contributed by atoms with Gasteiger partial charge in [-0.05, 0) is 70.1 Å². The molecule has 1 saturated heterocycles. The molecule has 0 atom stereocenters. The number of hydrogen-bond acceptors (Lipinski definition) is 6. The number of anilines is 2. The van der Waals surface area contributed by atoms with Crippen LogP contribution in [0.5, 0.6) is 11.6 Å². The van der Waals surface area contributed by atoms with Crippen LogP contribution in [0.2, 0.25) is 0 Å². The quantitative estimate of drug-likeness (QED) is 0.522. The summed E-state index contributed by atoms with van der Waals surface area (Å²) in [5.41, 5.74) is -0.874. The van der Waals surface area contributed by atoms with Gasteiger partial charge in [-0.2, -0.15) is 18.2 Å². The lowest BCUT2D eigenvalue weighted by Gasteiger charge is -2.30. The number of nitrogens with one attached hydrogen (secondary N) is 2. The van der Waals surface area contributed by atoms with Gasteiger partial charge in [0, 0.05) is 31.4 Å². The zero-order chi connectivity index (χ0) is 25.5. The van der Waals surface area contributed by atoms with E-state index in [0.717, 1.165) is 50.9 Å². The number of nitrogens with zero attached hydrogens (tertiary/aromatic N) is 3. The number of benzene rings is 1. The van der Waals surface area contributed by atoms with Gasteiger partial charge in [0.1, 0.15) is 11.9 Å². The van der Waals surface area contributed by atoms with Crippen molar-refractivity contribution in [2.24, 2.45) is 0 Å². The number of amides is 2. The molecule has 2 aromatic rings. The summed E-state index contributed by atoms with van der Waals surface area (Å²) in [6.45, 7) is 3.89. The van der Waals surface area contributed by atoms with Gasteiger partial charge in [-0.25, -0.2) is 9.78 Å². The summed E-state index contributed by atoms with van der Waals surface area (Å²) < 4.78 is 50.8. The van der Waals surface area contributed by atoms with E-state index in [2.05, 4.69) is 25.5 Å². The van der Waals surface area contributed by atoms with Gasteiger partial charge in [-0.3, -0.25) is 0 Å². The predicted octanol–water partition coefficient (Wildman–Crippen LogP) is 5.40. The van der Waals surface area contributed by atoms with E-state index in [9.17, 15) is 18.0 Å². The van der Waals surface area contributed by atoms with Crippen LogP contribution in [0.25, 0.3) is 0 Å². The molecule has 1 aromatic heterocycles. The number of rotatable bonds is 7. The molecule has 0 unspecified atom stereocenters. The Morgan fingerprint density at radius 2 is 1.86 bits per heavy atom. The van der Waals surface area contributed by atoms with Crippen molar-refractivity contribution in [2.45, 2.75) is 70.2 Å². The van der Waals surface area contributed by atoms with Crippen molar-refractivity contribution in [2.75, 3.05) is 29.9 Å². The molecule has 36 heavy (non-hydrogen) atoms. The Morgan fingerprint density at radius 1 is 1.11 bits per heavy atom. The molecule has 2 N–H and O–H groups in total. The maximum Gasteiger partial charge on any atom is 0.416 e. The molecule has 8 nitrogen and oxygen atoms in total. The van der Waals surface area contributed by atoms with Crippen LogP contribution < -0.4 is 25.0 Å². The fourth-order valence-corrected chi connectivity index (χ4v) is 4.57. The SMILES string of the molecule is CCOc1ccc(C(F)(F)F)cc1NC(=O)NC1CCC(Oc2ccnc(N3CCCCC3)n2)CC1. The molecule has 0 bridgehead atoms. The molecule has 2 amide bonds. The number of urea groups is 1. The zero-order valence-corrected chi connectivity index (χ0v) is 20.3. The Labute approximate surface area is 208 Å². The average molecular weight is 508 g/mol. The summed E-state index contributed by atoms with van der Waals surface area (Å²) in [5.74, 6) is 1.43. The van der Waals surface area contributed by atoms with Gasteiger partial charge in [0.15, 0.2) is 0 Å². The van der Waals surface area contributed by atoms with Gasteiger partial charge < -0.3 is 25.0 Å². The monoisotopic (exact) mass is 507 g/mol. The smallest absolute Gasteiger partial charge is 0.416 e. The van der Waals surface area contributed by atoms with E-state index in [1.54, 1.807) is 19.2 Å². The third-order valence-corrected chi connectivity index (χ3v) is 6.41. The van der Waals surface area contributed by atoms with Crippen molar-refractivity contribution >= 4 is 17.7 Å². The number of carbonyl (C=O) groups is 1. The predicted molar refractivity (Wildman–Crippen MR) is 130 cm³/mol. The van der Waals surface area contributed by atoms with Gasteiger partial charge in [-0.1, -0.05) is 0 Å². The van der Waals surface area contributed by atoms with Crippen LogP contribution in [0.15, 0.2) is 30.5 Å². The largest absolute Gasteiger partial charge is 0.492 e. The standard InChI is InChI=1S/C25H32F3N5O3/c1-2-35-21-11-6-17(25(26,27)28)16-20(21)31-24(34)30-18-7-9-19(10-8-18)36-22-12-13-29-23(32-22)33-14-4-3-5-15-33/h6,11-13,16,18-19H,2-5,7-10,14-15H2,1H3,(H2,30,31,34). The second-order valence-electron chi connectivity index (χ2n) is 9.07. The van der Waals surface area contributed by atoms with Crippen LogP contribution in [-0.2, 0) is 6.18 Å². The fraction of sp³-hybridized carbons (Fsp3) is 0.560. The summed E-state index contributed by atoms with van der Waals surface area (Å²) in [6.07, 6.45) is 3.50. The molecule has 2 heterocycles. The van der Waals surface area contributed by atoms with E-state index < -0.39 is 17.8 Å². The van der Waals surface area contributed by atoms with E-state index in [4.69, 9.17) is 9.47 Å². The molecule has 1 aliphatic carbocycles. The molecule has 1 aliphatic heterocycles. The maximum atomic E-state index is 13.1. The van der Waals surface area contributed by atoms with Crippen LogP contribution in [0.4, 0.5) is 29.6 Å². The minimum atomic E-state index is -4.52. The maximum absolute atomic E-state index is 13.1. The van der Waals surface area contributed by atoms with E-state index in [1.165, 1.54) is 12.5 Å². The zero-order valence-electron chi connectivity index (χ0n) is 20.3. The summed E-state index contributed by atoms with van der Waals surface area (Å²) in [6, 6.07) is 4.12. The number of aromatic nitrogens is 2. The van der Waals surface area contributed by atoms with E-state index >= 15 is 0 Å². The summed E-state index contributed by atoms with van der Waals surface area (Å²) in [4.78, 5) is 23.7. The van der Waals surface area contributed by atoms with Crippen molar-refractivity contribution in [3.8, 4) is 11.6 Å². The first-order valence-electron chi connectivity index (χ1n) is 12.5. The van der Waals surface area contributed by atoms with Gasteiger partial charge >= 0.3 is 12.2 Å². The molecule has 4 rings (SSSR count). The van der Waals surface area contributed by atoms with Gasteiger partial charge in [-0.15, -0.1) is 0 Å². The normalized spacial score (nSPS) is 20.5. The lowest BCUT2D eigenvalue weighted by Crippen LogP contribution is -2.41. The van der Waals surface area contributed by atoms with Crippen molar-refractivity contribution < 1.29 is 27.4 Å². The van der Waals surface area contributed by atoms with Crippen LogP contribution in [0.3, 0.4) is 0 Å². The Kier molecular flexibility index (Phi) is 8.37. The molecular weight excluding hydrogens is 475 g/mol. The second-order valence-corrected chi connectivity index (χ2v) is 9.07. The van der Waals surface area contributed by atoms with Gasteiger partial charge in [0.25, 0.3) is 0 Å². The topological polar surface area (TPSA) is 88.6 Å². The first-order chi connectivity index (χ1) is 17.3. The van der Waals surface area contributed by atoms with Crippen LogP contribution in [0.1, 0.15) is 57.4 Å². The number of alkyl halides is 3. The highest BCUT2D eigenvalue weighted by atomic mass is 19.4. The molecule has 2 fully saturated rings. The summed E-state index contributed by atoms with van der Waals surface area (Å²) in [7, 11) is 0. The highest BCUT2D eigenvalue weighted by Gasteiger charge is 2.32. The molecule has 1 aromatic carbocycles. The van der Waals surface area contributed by atoms with Crippen molar-refractivity contribution in [1.82, 2.24) is 15.3 Å². The second kappa shape index (κ2) is 11.7. The van der Waals surface area contributed by atoms with Crippen molar-refractivity contribution in [3.63, 3.8) is 0 Å². The highest BCUT2D eigenvalue weighted by molar-refractivity contribution is 5.91. The number of piperidine rings is 1. The molecule has 11 heteroatoms. The van der Waals surface area contributed by atoms with Crippen molar-refractivity contribution in [3.05, 3.63) is 36.0 Å². The third-order valence-electron chi connectivity index (χ3n) is 6.41. The first kappa shape index (κ1) is 25.8. The molecule has 0 radical (unpaired) electrons. The Balaban J connectivity index is 1.28. The first-order valence-corrected chi connectivity index (χ1v) is 12.5. The lowest BCUT2D eigenvalue weighted by molar-refractivity contribution is -0.137. The van der Waals surface area contributed by atoms with Crippen LogP contribution >= 0.6 is 0 Å². The van der Waals surface area contributed by atoms with Crippen LogP contribution in [-0.4, -0.2) is 47.8 Å². The molecule has 0 spiro atoms. The molecular formula is C25H32F3N5O3.